The van der Waals surface area contributed by atoms with Gasteiger partial charge in [0, 0.05) is 12.5 Å². The first-order chi connectivity index (χ1) is 12.4. The summed E-state index contributed by atoms with van der Waals surface area (Å²) in [6.07, 6.45) is 3.89. The Morgan fingerprint density at radius 1 is 1.23 bits per heavy atom. The van der Waals surface area contributed by atoms with Crippen molar-refractivity contribution in [2.24, 2.45) is 0 Å². The van der Waals surface area contributed by atoms with Crippen LogP contribution in [0, 0.1) is 0 Å². The molecule has 0 aliphatic carbocycles. The van der Waals surface area contributed by atoms with E-state index >= 15 is 0 Å². The summed E-state index contributed by atoms with van der Waals surface area (Å²) in [5.74, 6) is 0.205. The van der Waals surface area contributed by atoms with Gasteiger partial charge in [-0.3, -0.25) is 0 Å². The highest BCUT2D eigenvalue weighted by Gasteiger charge is 2.35. The van der Waals surface area contributed by atoms with Crippen LogP contribution in [0.3, 0.4) is 0 Å². The first-order valence-corrected chi connectivity index (χ1v) is 9.08. The van der Waals surface area contributed by atoms with Gasteiger partial charge < -0.3 is 18.8 Å². The van der Waals surface area contributed by atoms with Gasteiger partial charge in [0.1, 0.15) is 5.60 Å². The second-order valence-corrected chi connectivity index (χ2v) is 7.71. The molecule has 0 saturated carbocycles. The molecular formula is C21H27NO4. The Bertz CT molecular complexity index is 691. The number of furan rings is 1. The van der Waals surface area contributed by atoms with Gasteiger partial charge in [-0.15, -0.1) is 0 Å². The molecular weight excluding hydrogens is 330 g/mol. The maximum absolute atomic E-state index is 12.5. The van der Waals surface area contributed by atoms with E-state index in [2.05, 4.69) is 0 Å². The lowest BCUT2D eigenvalue weighted by Gasteiger charge is -2.38. The number of benzene rings is 1. The Labute approximate surface area is 154 Å². The van der Waals surface area contributed by atoms with Crippen LogP contribution in [0.5, 0.6) is 0 Å². The van der Waals surface area contributed by atoms with Gasteiger partial charge in [0.05, 0.1) is 31.8 Å². The Hall–Kier alpha value is -2.27. The van der Waals surface area contributed by atoms with Gasteiger partial charge in [-0.2, -0.15) is 0 Å². The van der Waals surface area contributed by atoms with Crippen molar-refractivity contribution in [3.63, 3.8) is 0 Å². The number of ether oxygens (including phenoxy) is 2. The highest BCUT2D eigenvalue weighted by molar-refractivity contribution is 5.68. The number of rotatable bonds is 4. The zero-order chi connectivity index (χ0) is 18.6. The van der Waals surface area contributed by atoms with E-state index in [-0.39, 0.29) is 18.1 Å². The second-order valence-electron chi connectivity index (χ2n) is 7.71. The van der Waals surface area contributed by atoms with Crippen LogP contribution in [0.15, 0.2) is 53.3 Å². The molecule has 3 rings (SSSR count). The minimum absolute atomic E-state index is 0.103. The average molecular weight is 357 g/mol. The van der Waals surface area contributed by atoms with Crippen molar-refractivity contribution < 1.29 is 18.7 Å². The van der Waals surface area contributed by atoms with Gasteiger partial charge in [0.25, 0.3) is 0 Å². The fraction of sp³-hybridized carbons (Fsp3) is 0.476. The Kier molecular flexibility index (Phi) is 5.67. The van der Waals surface area contributed by atoms with Gasteiger partial charge in [-0.05, 0) is 44.4 Å². The molecule has 5 heteroatoms. The van der Waals surface area contributed by atoms with Crippen LogP contribution >= 0.6 is 0 Å². The van der Waals surface area contributed by atoms with E-state index in [1.54, 1.807) is 17.4 Å². The van der Waals surface area contributed by atoms with Crippen LogP contribution in [0.4, 0.5) is 4.79 Å². The summed E-state index contributed by atoms with van der Waals surface area (Å²) < 4.78 is 17.0. The number of hydrogen-bond acceptors (Lipinski definition) is 4. The van der Waals surface area contributed by atoms with E-state index in [0.717, 1.165) is 17.5 Å². The standard InChI is InChI=1S/C21H27NO4/c1-21(2,3)26-20(23)22-11-9-18(17-10-12-24-15-17)19(13-22)25-14-16-7-5-4-6-8-16/h4-8,10,12,15,18-19H,9,11,13-14H2,1-3H3. The molecule has 2 aromatic rings. The van der Waals surface area contributed by atoms with E-state index in [9.17, 15) is 4.79 Å². The van der Waals surface area contributed by atoms with Crippen LogP contribution in [-0.2, 0) is 16.1 Å². The maximum Gasteiger partial charge on any atom is 0.410 e. The molecule has 2 unspecified atom stereocenters. The zero-order valence-electron chi connectivity index (χ0n) is 15.7. The van der Waals surface area contributed by atoms with Crippen LogP contribution in [0.1, 0.15) is 44.2 Å². The van der Waals surface area contributed by atoms with E-state index < -0.39 is 5.60 Å². The molecule has 5 nitrogen and oxygen atoms in total. The first-order valence-electron chi connectivity index (χ1n) is 9.08. The normalized spacial score (nSPS) is 20.8. The summed E-state index contributed by atoms with van der Waals surface area (Å²) in [6, 6.07) is 12.1. The van der Waals surface area contributed by atoms with E-state index in [1.807, 2.05) is 57.2 Å². The van der Waals surface area contributed by atoms with Crippen molar-refractivity contribution >= 4 is 6.09 Å². The quantitative estimate of drug-likeness (QED) is 0.803. The average Bonchev–Trinajstić information content (AvgIpc) is 3.13. The number of carbonyl (C=O) groups excluding carboxylic acids is 1. The Morgan fingerprint density at radius 3 is 2.65 bits per heavy atom. The van der Waals surface area contributed by atoms with Crippen molar-refractivity contribution in [1.82, 2.24) is 4.90 Å². The van der Waals surface area contributed by atoms with Crippen molar-refractivity contribution in [3.05, 3.63) is 60.1 Å². The van der Waals surface area contributed by atoms with E-state index in [0.29, 0.717) is 19.7 Å². The number of hydrogen-bond donors (Lipinski definition) is 0. The molecule has 1 saturated heterocycles. The summed E-state index contributed by atoms with van der Waals surface area (Å²) in [6.45, 7) is 7.32. The number of amides is 1. The third-order valence-corrected chi connectivity index (χ3v) is 4.49. The fourth-order valence-electron chi connectivity index (χ4n) is 3.22. The minimum Gasteiger partial charge on any atom is -0.472 e. The third kappa shape index (κ3) is 4.88. The number of carbonyl (C=O) groups is 1. The maximum atomic E-state index is 12.5. The van der Waals surface area contributed by atoms with Crippen LogP contribution in [0.2, 0.25) is 0 Å². The summed E-state index contributed by atoms with van der Waals surface area (Å²) >= 11 is 0. The summed E-state index contributed by atoms with van der Waals surface area (Å²) in [5, 5.41) is 0. The van der Waals surface area contributed by atoms with Gasteiger partial charge in [0.2, 0.25) is 0 Å². The monoisotopic (exact) mass is 357 g/mol. The van der Waals surface area contributed by atoms with Gasteiger partial charge in [0.15, 0.2) is 0 Å². The van der Waals surface area contributed by atoms with Gasteiger partial charge in [-0.25, -0.2) is 4.79 Å². The van der Waals surface area contributed by atoms with Crippen molar-refractivity contribution in [2.75, 3.05) is 13.1 Å². The lowest BCUT2D eigenvalue weighted by Crippen LogP contribution is -2.48. The Balaban J connectivity index is 1.69. The lowest BCUT2D eigenvalue weighted by atomic mass is 9.88. The lowest BCUT2D eigenvalue weighted by molar-refractivity contribution is -0.0360. The number of nitrogens with zero attached hydrogens (tertiary/aromatic N) is 1. The molecule has 1 aromatic heterocycles. The second kappa shape index (κ2) is 7.96. The summed E-state index contributed by atoms with van der Waals surface area (Å²) in [5.41, 5.74) is 1.73. The molecule has 26 heavy (non-hydrogen) atoms. The SMILES string of the molecule is CC(C)(C)OC(=O)N1CCC(c2ccoc2)C(OCc2ccccc2)C1. The van der Waals surface area contributed by atoms with Gasteiger partial charge >= 0.3 is 6.09 Å². The topological polar surface area (TPSA) is 51.9 Å². The summed E-state index contributed by atoms with van der Waals surface area (Å²) in [7, 11) is 0. The molecule has 1 aromatic carbocycles. The zero-order valence-corrected chi connectivity index (χ0v) is 15.7. The molecule has 1 aliphatic heterocycles. The molecule has 2 atom stereocenters. The fourth-order valence-corrected chi connectivity index (χ4v) is 3.22. The molecule has 140 valence electrons. The summed E-state index contributed by atoms with van der Waals surface area (Å²) in [4.78, 5) is 14.2. The minimum atomic E-state index is -0.501. The van der Waals surface area contributed by atoms with Crippen molar-refractivity contribution in [1.29, 1.82) is 0 Å². The highest BCUT2D eigenvalue weighted by Crippen LogP contribution is 2.32. The van der Waals surface area contributed by atoms with Gasteiger partial charge in [-0.1, -0.05) is 30.3 Å². The molecule has 0 N–H and O–H groups in total. The number of likely N-dealkylation sites (tertiary alicyclic amines) is 1. The van der Waals surface area contributed by atoms with E-state index in [1.165, 1.54) is 0 Å². The molecule has 1 amide bonds. The molecule has 0 bridgehead atoms. The first kappa shape index (κ1) is 18.5. The largest absolute Gasteiger partial charge is 0.472 e. The van der Waals surface area contributed by atoms with Crippen LogP contribution < -0.4 is 0 Å². The number of piperidine rings is 1. The van der Waals surface area contributed by atoms with Crippen molar-refractivity contribution in [2.45, 2.75) is 51.4 Å². The van der Waals surface area contributed by atoms with E-state index in [4.69, 9.17) is 13.9 Å². The predicted molar refractivity (Wildman–Crippen MR) is 98.9 cm³/mol. The molecule has 0 radical (unpaired) electrons. The molecule has 1 aliphatic rings. The molecule has 0 spiro atoms. The smallest absolute Gasteiger partial charge is 0.410 e. The van der Waals surface area contributed by atoms with Crippen LogP contribution in [-0.4, -0.2) is 35.8 Å². The predicted octanol–water partition coefficient (Wildman–Crippen LogP) is 4.59. The molecule has 2 heterocycles. The molecule has 1 fully saturated rings. The highest BCUT2D eigenvalue weighted by atomic mass is 16.6. The Morgan fingerprint density at radius 2 is 2.00 bits per heavy atom. The van der Waals surface area contributed by atoms with Crippen LogP contribution in [0.25, 0.3) is 0 Å². The van der Waals surface area contributed by atoms with Crippen molar-refractivity contribution in [3.8, 4) is 0 Å². The third-order valence-electron chi connectivity index (χ3n) is 4.49.